The maximum absolute atomic E-state index is 12.3. The Labute approximate surface area is 90.2 Å². The smallest absolute Gasteiger partial charge is 0.308 e. The summed E-state index contributed by atoms with van der Waals surface area (Å²) in [6.07, 6.45) is 2.01. The van der Waals surface area contributed by atoms with Crippen LogP contribution in [0.3, 0.4) is 0 Å². The molecule has 0 heterocycles. The monoisotopic (exact) mass is 232 g/mol. The van der Waals surface area contributed by atoms with Gasteiger partial charge in [-0.2, -0.15) is 0 Å². The first kappa shape index (κ1) is 12.6. The van der Waals surface area contributed by atoms with Gasteiger partial charge >= 0.3 is 7.60 Å². The van der Waals surface area contributed by atoms with E-state index in [1.54, 1.807) is 13.8 Å². The predicted octanol–water partition coefficient (Wildman–Crippen LogP) is 2.54. The SMILES string of the molecule is CCOP(=O)(OCC)[C@@H]1CC(C)=CC1=O. The number of allylic oxidation sites excluding steroid dienone is 2. The van der Waals surface area contributed by atoms with Crippen molar-refractivity contribution in [1.82, 2.24) is 0 Å². The third-order valence-corrected chi connectivity index (χ3v) is 4.67. The average Bonchev–Trinajstić information content (AvgIpc) is 2.46. The summed E-state index contributed by atoms with van der Waals surface area (Å²) in [7, 11) is -3.26. The minimum atomic E-state index is -3.26. The van der Waals surface area contributed by atoms with E-state index in [2.05, 4.69) is 0 Å². The third kappa shape index (κ3) is 2.77. The van der Waals surface area contributed by atoms with Crippen LogP contribution in [0.15, 0.2) is 11.6 Å². The molecule has 0 aromatic carbocycles. The lowest BCUT2D eigenvalue weighted by atomic mass is 10.3. The van der Waals surface area contributed by atoms with Crippen LogP contribution in [0.5, 0.6) is 0 Å². The van der Waals surface area contributed by atoms with E-state index < -0.39 is 13.3 Å². The highest BCUT2D eigenvalue weighted by Gasteiger charge is 2.42. The van der Waals surface area contributed by atoms with Crippen molar-refractivity contribution in [3.8, 4) is 0 Å². The Morgan fingerprint density at radius 3 is 2.27 bits per heavy atom. The number of ketones is 1. The molecule has 0 spiro atoms. The van der Waals surface area contributed by atoms with E-state index in [1.165, 1.54) is 6.08 Å². The van der Waals surface area contributed by atoms with Crippen LogP contribution < -0.4 is 0 Å². The standard InChI is InChI=1S/C10H17O4P/c1-4-13-15(12,14-5-2)10-7-8(3)6-9(10)11/h6,10H,4-5,7H2,1-3H3/t10-/m1/s1. The van der Waals surface area contributed by atoms with E-state index in [0.29, 0.717) is 19.6 Å². The van der Waals surface area contributed by atoms with E-state index in [0.717, 1.165) is 5.57 Å². The molecule has 0 saturated carbocycles. The molecule has 0 radical (unpaired) electrons. The maximum atomic E-state index is 12.3. The predicted molar refractivity (Wildman–Crippen MR) is 58.0 cm³/mol. The molecule has 0 amide bonds. The second kappa shape index (κ2) is 5.06. The summed E-state index contributed by atoms with van der Waals surface area (Å²) in [5, 5.41) is 0. The molecule has 0 aromatic heterocycles. The maximum Gasteiger partial charge on any atom is 0.341 e. The van der Waals surface area contributed by atoms with Crippen LogP contribution in [0.1, 0.15) is 27.2 Å². The minimum absolute atomic E-state index is 0.141. The van der Waals surface area contributed by atoms with E-state index >= 15 is 0 Å². The largest absolute Gasteiger partial charge is 0.341 e. The summed E-state index contributed by atoms with van der Waals surface area (Å²) >= 11 is 0. The van der Waals surface area contributed by atoms with Crippen molar-refractivity contribution in [2.75, 3.05) is 13.2 Å². The molecule has 4 nitrogen and oxygen atoms in total. The Balaban J connectivity index is 2.83. The van der Waals surface area contributed by atoms with Gasteiger partial charge in [0.1, 0.15) is 5.66 Å². The van der Waals surface area contributed by atoms with Gasteiger partial charge in [-0.3, -0.25) is 9.36 Å². The fourth-order valence-corrected chi connectivity index (χ4v) is 3.70. The van der Waals surface area contributed by atoms with Crippen molar-refractivity contribution < 1.29 is 18.4 Å². The summed E-state index contributed by atoms with van der Waals surface area (Å²) in [5.41, 5.74) is 0.307. The number of hydrogen-bond acceptors (Lipinski definition) is 4. The molecule has 0 aliphatic heterocycles. The first-order chi connectivity index (χ1) is 7.03. The summed E-state index contributed by atoms with van der Waals surface area (Å²) < 4.78 is 22.6. The van der Waals surface area contributed by atoms with Crippen molar-refractivity contribution in [3.05, 3.63) is 11.6 Å². The molecule has 0 N–H and O–H groups in total. The van der Waals surface area contributed by atoms with Gasteiger partial charge in [-0.1, -0.05) is 5.57 Å². The molecular weight excluding hydrogens is 215 g/mol. The lowest BCUT2D eigenvalue weighted by Gasteiger charge is -2.21. The Hall–Kier alpha value is -0.440. The van der Waals surface area contributed by atoms with Crippen LogP contribution in [-0.2, 0) is 18.4 Å². The van der Waals surface area contributed by atoms with E-state index in [1.807, 2.05) is 6.92 Å². The summed E-state index contributed by atoms with van der Waals surface area (Å²) in [5.74, 6) is -0.141. The molecule has 0 bridgehead atoms. The van der Waals surface area contributed by atoms with Gasteiger partial charge in [-0.25, -0.2) is 0 Å². The normalized spacial score (nSPS) is 21.9. The Bertz CT molecular complexity index is 311. The molecular formula is C10H17O4P. The van der Waals surface area contributed by atoms with Crippen LogP contribution in [0.4, 0.5) is 0 Å². The highest BCUT2D eigenvalue weighted by molar-refractivity contribution is 7.55. The highest BCUT2D eigenvalue weighted by Crippen LogP contribution is 2.56. The van der Waals surface area contributed by atoms with Crippen LogP contribution in [0.25, 0.3) is 0 Å². The number of carbonyl (C=O) groups is 1. The highest BCUT2D eigenvalue weighted by atomic mass is 31.2. The topological polar surface area (TPSA) is 52.6 Å². The quantitative estimate of drug-likeness (QED) is 0.683. The molecule has 0 unspecified atom stereocenters. The first-order valence-corrected chi connectivity index (χ1v) is 6.74. The van der Waals surface area contributed by atoms with Crippen LogP contribution in [0, 0.1) is 0 Å². The van der Waals surface area contributed by atoms with Crippen LogP contribution >= 0.6 is 7.60 Å². The Morgan fingerprint density at radius 1 is 1.40 bits per heavy atom. The molecule has 0 fully saturated rings. The zero-order valence-electron chi connectivity index (χ0n) is 9.36. The summed E-state index contributed by atoms with van der Waals surface area (Å²) in [4.78, 5) is 11.6. The second-order valence-corrected chi connectivity index (χ2v) is 5.71. The molecule has 86 valence electrons. The zero-order valence-corrected chi connectivity index (χ0v) is 10.3. The van der Waals surface area contributed by atoms with Gasteiger partial charge in [0.15, 0.2) is 5.78 Å². The van der Waals surface area contributed by atoms with E-state index in [4.69, 9.17) is 9.05 Å². The average molecular weight is 232 g/mol. The molecule has 1 aliphatic carbocycles. The molecule has 1 aliphatic rings. The van der Waals surface area contributed by atoms with E-state index in [-0.39, 0.29) is 5.78 Å². The number of carbonyl (C=O) groups excluding carboxylic acids is 1. The van der Waals surface area contributed by atoms with Gasteiger partial charge < -0.3 is 9.05 Å². The van der Waals surface area contributed by atoms with Crippen molar-refractivity contribution in [2.24, 2.45) is 0 Å². The fraction of sp³-hybridized carbons (Fsp3) is 0.700. The van der Waals surface area contributed by atoms with Crippen molar-refractivity contribution in [3.63, 3.8) is 0 Å². The zero-order chi connectivity index (χ0) is 11.5. The Kier molecular flexibility index (Phi) is 4.26. The molecule has 0 saturated heterocycles. The fourth-order valence-electron chi connectivity index (χ4n) is 1.65. The molecule has 1 rings (SSSR count). The molecule has 0 aromatic rings. The third-order valence-electron chi connectivity index (χ3n) is 2.23. The van der Waals surface area contributed by atoms with Gasteiger partial charge in [0.25, 0.3) is 0 Å². The number of rotatable bonds is 5. The molecule has 15 heavy (non-hydrogen) atoms. The summed E-state index contributed by atoms with van der Waals surface area (Å²) in [6, 6.07) is 0. The lowest BCUT2D eigenvalue weighted by molar-refractivity contribution is -0.114. The van der Waals surface area contributed by atoms with Crippen LogP contribution in [-0.4, -0.2) is 24.7 Å². The van der Waals surface area contributed by atoms with Gasteiger partial charge in [0.2, 0.25) is 0 Å². The number of hydrogen-bond donors (Lipinski definition) is 0. The second-order valence-electron chi connectivity index (χ2n) is 3.49. The van der Waals surface area contributed by atoms with Crippen molar-refractivity contribution in [1.29, 1.82) is 0 Å². The van der Waals surface area contributed by atoms with Crippen molar-refractivity contribution >= 4 is 13.4 Å². The van der Waals surface area contributed by atoms with Gasteiger partial charge in [0.05, 0.1) is 13.2 Å². The van der Waals surface area contributed by atoms with Gasteiger partial charge in [0, 0.05) is 0 Å². The van der Waals surface area contributed by atoms with E-state index in [9.17, 15) is 9.36 Å². The Morgan fingerprint density at radius 2 is 1.93 bits per heavy atom. The van der Waals surface area contributed by atoms with Crippen LogP contribution in [0.2, 0.25) is 0 Å². The van der Waals surface area contributed by atoms with Crippen molar-refractivity contribution in [2.45, 2.75) is 32.9 Å². The summed E-state index contributed by atoms with van der Waals surface area (Å²) in [6.45, 7) is 5.91. The lowest BCUT2D eigenvalue weighted by Crippen LogP contribution is -2.18. The minimum Gasteiger partial charge on any atom is -0.308 e. The molecule has 1 atom stereocenters. The first-order valence-electron chi connectivity index (χ1n) is 5.13. The van der Waals surface area contributed by atoms with Gasteiger partial charge in [-0.15, -0.1) is 0 Å². The van der Waals surface area contributed by atoms with Gasteiger partial charge in [-0.05, 0) is 33.3 Å². The molecule has 5 heteroatoms.